The summed E-state index contributed by atoms with van der Waals surface area (Å²) >= 11 is 2.85. The smallest absolute Gasteiger partial charge is 0.319 e. The van der Waals surface area contributed by atoms with E-state index >= 15 is 0 Å². The molecule has 0 radical (unpaired) electrons. The van der Waals surface area contributed by atoms with Crippen LogP contribution in [0.2, 0.25) is 0 Å². The van der Waals surface area contributed by atoms with Gasteiger partial charge in [-0.1, -0.05) is 23.9 Å². The van der Waals surface area contributed by atoms with Crippen LogP contribution in [-0.4, -0.2) is 27.4 Å². The summed E-state index contributed by atoms with van der Waals surface area (Å²) in [6, 6.07) is 6.03. The van der Waals surface area contributed by atoms with Gasteiger partial charge in [0.25, 0.3) is 5.56 Å². The lowest BCUT2D eigenvalue weighted by molar-refractivity contribution is -0.137. The molecule has 0 aliphatic carbocycles. The normalized spacial score (nSPS) is 16.9. The van der Waals surface area contributed by atoms with Crippen LogP contribution in [0.3, 0.4) is 0 Å². The van der Waals surface area contributed by atoms with Crippen molar-refractivity contribution in [1.82, 2.24) is 9.55 Å². The molecule has 3 aromatic rings. The minimum atomic E-state index is -0.326. The minimum absolute atomic E-state index is 0.0792. The number of rotatable bonds is 3. The molecule has 7 heteroatoms. The first-order valence-corrected chi connectivity index (χ1v) is 10.5. The van der Waals surface area contributed by atoms with Crippen molar-refractivity contribution in [3.8, 4) is 5.69 Å². The Morgan fingerprint density at radius 2 is 2.00 bits per heavy atom. The molecule has 1 atom stereocenters. The third-order valence-corrected chi connectivity index (χ3v) is 7.21. The van der Waals surface area contributed by atoms with E-state index in [0.717, 1.165) is 32.1 Å². The van der Waals surface area contributed by atoms with Crippen LogP contribution < -0.4 is 5.56 Å². The van der Waals surface area contributed by atoms with E-state index in [9.17, 15) is 9.59 Å². The lowest BCUT2D eigenvalue weighted by Crippen LogP contribution is -2.24. The van der Waals surface area contributed by atoms with Crippen molar-refractivity contribution in [3.05, 3.63) is 50.1 Å². The standard InChI is InChI=1S/C20H20N2O3S2/c1-10-5-6-11(2)14(9-10)22-18(23)16-12(3)13(4)26-17(16)21-20(22)27-15-7-8-25-19(15)24/h5-6,9,15H,7-8H2,1-4H3/t15-/m1/s1. The van der Waals surface area contributed by atoms with E-state index in [4.69, 9.17) is 9.72 Å². The maximum atomic E-state index is 13.5. The first-order chi connectivity index (χ1) is 12.9. The van der Waals surface area contributed by atoms with Crippen LogP contribution in [0.15, 0.2) is 28.2 Å². The fourth-order valence-corrected chi connectivity index (χ4v) is 5.38. The van der Waals surface area contributed by atoms with Crippen LogP contribution in [0.4, 0.5) is 0 Å². The monoisotopic (exact) mass is 400 g/mol. The average molecular weight is 401 g/mol. The first-order valence-electron chi connectivity index (χ1n) is 8.80. The summed E-state index contributed by atoms with van der Waals surface area (Å²) in [5.41, 5.74) is 3.76. The Hall–Kier alpha value is -2.12. The van der Waals surface area contributed by atoms with E-state index in [-0.39, 0.29) is 16.8 Å². The van der Waals surface area contributed by atoms with Gasteiger partial charge in [-0.2, -0.15) is 0 Å². The Balaban J connectivity index is 2.01. The van der Waals surface area contributed by atoms with Gasteiger partial charge in [-0.3, -0.25) is 14.2 Å². The van der Waals surface area contributed by atoms with Crippen LogP contribution >= 0.6 is 23.1 Å². The topological polar surface area (TPSA) is 61.2 Å². The van der Waals surface area contributed by atoms with Gasteiger partial charge in [0.2, 0.25) is 0 Å². The number of fused-ring (bicyclic) bond motifs is 1. The summed E-state index contributed by atoms with van der Waals surface area (Å²) in [6.45, 7) is 8.37. The van der Waals surface area contributed by atoms with E-state index in [1.807, 2.05) is 45.9 Å². The number of carbonyl (C=O) groups excluding carboxylic acids is 1. The summed E-state index contributed by atoms with van der Waals surface area (Å²) in [7, 11) is 0. The second-order valence-electron chi connectivity index (χ2n) is 6.85. The number of hydrogen-bond acceptors (Lipinski definition) is 6. The molecule has 1 saturated heterocycles. The van der Waals surface area contributed by atoms with Gasteiger partial charge in [-0.05, 0) is 50.5 Å². The SMILES string of the molecule is Cc1ccc(C)c(-n2c(S[C@@H]3CCOC3=O)nc3sc(C)c(C)c3c2=O)c1. The maximum absolute atomic E-state index is 13.5. The molecule has 1 aromatic carbocycles. The maximum Gasteiger partial charge on any atom is 0.319 e. The van der Waals surface area contributed by atoms with E-state index in [1.165, 1.54) is 23.1 Å². The molecule has 0 spiro atoms. The highest BCUT2D eigenvalue weighted by Gasteiger charge is 2.30. The van der Waals surface area contributed by atoms with E-state index < -0.39 is 0 Å². The van der Waals surface area contributed by atoms with Crippen LogP contribution in [0.25, 0.3) is 15.9 Å². The Morgan fingerprint density at radius 3 is 2.70 bits per heavy atom. The molecule has 1 aliphatic heterocycles. The second kappa shape index (κ2) is 6.80. The van der Waals surface area contributed by atoms with Crippen LogP contribution in [-0.2, 0) is 9.53 Å². The predicted molar refractivity (Wildman–Crippen MR) is 109 cm³/mol. The van der Waals surface area contributed by atoms with Crippen molar-refractivity contribution < 1.29 is 9.53 Å². The van der Waals surface area contributed by atoms with E-state index in [1.54, 1.807) is 4.57 Å². The zero-order valence-corrected chi connectivity index (χ0v) is 17.3. The van der Waals surface area contributed by atoms with Gasteiger partial charge in [0.05, 0.1) is 17.7 Å². The Labute approximate surface area is 165 Å². The van der Waals surface area contributed by atoms with Crippen molar-refractivity contribution >= 4 is 39.3 Å². The molecule has 140 valence electrons. The third-order valence-electron chi connectivity index (χ3n) is 4.91. The van der Waals surface area contributed by atoms with E-state index in [2.05, 4.69) is 0 Å². The van der Waals surface area contributed by atoms with E-state index in [0.29, 0.717) is 23.6 Å². The minimum Gasteiger partial charge on any atom is -0.465 e. The number of aromatic nitrogens is 2. The van der Waals surface area contributed by atoms with Crippen molar-refractivity contribution in [2.24, 2.45) is 0 Å². The highest BCUT2D eigenvalue weighted by Crippen LogP contribution is 2.33. The molecule has 0 amide bonds. The van der Waals surface area contributed by atoms with Crippen molar-refractivity contribution in [2.45, 2.75) is 44.5 Å². The van der Waals surface area contributed by atoms with Crippen molar-refractivity contribution in [3.63, 3.8) is 0 Å². The zero-order chi connectivity index (χ0) is 19.3. The second-order valence-corrected chi connectivity index (χ2v) is 9.22. The van der Waals surface area contributed by atoms with Gasteiger partial charge in [-0.25, -0.2) is 4.98 Å². The molecular weight excluding hydrogens is 380 g/mol. The van der Waals surface area contributed by atoms with Gasteiger partial charge >= 0.3 is 5.97 Å². The number of aryl methyl sites for hydroxylation is 4. The molecular formula is C20H20N2O3S2. The van der Waals surface area contributed by atoms with Crippen LogP contribution in [0.5, 0.6) is 0 Å². The number of ether oxygens (including phenoxy) is 1. The summed E-state index contributed by atoms with van der Waals surface area (Å²) in [5, 5.41) is 0.885. The number of cyclic esters (lactones) is 1. The largest absolute Gasteiger partial charge is 0.465 e. The fourth-order valence-electron chi connectivity index (χ4n) is 3.24. The zero-order valence-electron chi connectivity index (χ0n) is 15.7. The summed E-state index contributed by atoms with van der Waals surface area (Å²) < 4.78 is 6.76. The number of esters is 1. The van der Waals surface area contributed by atoms with Gasteiger partial charge in [0.1, 0.15) is 10.1 Å². The third kappa shape index (κ3) is 3.08. The quantitative estimate of drug-likeness (QED) is 0.490. The lowest BCUT2D eigenvalue weighted by Gasteiger charge is -2.16. The number of benzene rings is 1. The molecule has 2 aromatic heterocycles. The molecule has 0 N–H and O–H groups in total. The average Bonchev–Trinajstić information content (AvgIpc) is 3.14. The fraction of sp³-hybridized carbons (Fsp3) is 0.350. The van der Waals surface area contributed by atoms with Crippen molar-refractivity contribution in [1.29, 1.82) is 0 Å². The number of thiophene rings is 1. The Kier molecular flexibility index (Phi) is 4.60. The molecule has 3 heterocycles. The number of thioether (sulfide) groups is 1. The van der Waals surface area contributed by atoms with Gasteiger partial charge in [-0.15, -0.1) is 11.3 Å². The van der Waals surface area contributed by atoms with Crippen molar-refractivity contribution in [2.75, 3.05) is 6.61 Å². The summed E-state index contributed by atoms with van der Waals surface area (Å²) in [6.07, 6.45) is 0.632. The molecule has 0 unspecified atom stereocenters. The van der Waals surface area contributed by atoms with Gasteiger partial charge < -0.3 is 4.74 Å². The number of nitrogens with zero attached hydrogens (tertiary/aromatic N) is 2. The Bertz CT molecular complexity index is 1130. The summed E-state index contributed by atoms with van der Waals surface area (Å²) in [5.74, 6) is -0.236. The Morgan fingerprint density at radius 1 is 1.22 bits per heavy atom. The first kappa shape index (κ1) is 18.3. The highest BCUT2D eigenvalue weighted by atomic mass is 32.2. The molecule has 4 rings (SSSR count). The number of hydrogen-bond donors (Lipinski definition) is 0. The van der Waals surface area contributed by atoms with Crippen LogP contribution in [0.1, 0.15) is 28.0 Å². The van der Waals surface area contributed by atoms with Gasteiger partial charge in [0, 0.05) is 11.3 Å². The van der Waals surface area contributed by atoms with Crippen LogP contribution in [0, 0.1) is 27.7 Å². The molecule has 0 bridgehead atoms. The molecule has 27 heavy (non-hydrogen) atoms. The molecule has 0 saturated carbocycles. The highest BCUT2D eigenvalue weighted by molar-refractivity contribution is 8.00. The summed E-state index contributed by atoms with van der Waals surface area (Å²) in [4.78, 5) is 32.1. The lowest BCUT2D eigenvalue weighted by atomic mass is 10.1. The molecule has 5 nitrogen and oxygen atoms in total. The predicted octanol–water partition coefficient (Wildman–Crippen LogP) is 4.09. The molecule has 1 fully saturated rings. The van der Waals surface area contributed by atoms with Gasteiger partial charge in [0.15, 0.2) is 5.16 Å². The molecule has 1 aliphatic rings. The number of carbonyl (C=O) groups is 1.